The summed E-state index contributed by atoms with van der Waals surface area (Å²) in [6.07, 6.45) is 2.02. The van der Waals surface area contributed by atoms with Crippen molar-refractivity contribution in [2.24, 2.45) is 4.99 Å². The molecule has 0 spiro atoms. The smallest absolute Gasteiger partial charge is 0.152 e. The molecule has 11 heavy (non-hydrogen) atoms. The molecule has 0 bridgehead atoms. The first kappa shape index (κ1) is 6.52. The van der Waals surface area contributed by atoms with Crippen LogP contribution in [0.5, 0.6) is 0 Å². The van der Waals surface area contributed by atoms with Crippen molar-refractivity contribution >= 4 is 5.84 Å². The van der Waals surface area contributed by atoms with Gasteiger partial charge in [-0.15, -0.1) is 0 Å². The van der Waals surface area contributed by atoms with Crippen LogP contribution in [-0.2, 0) is 0 Å². The van der Waals surface area contributed by atoms with Gasteiger partial charge >= 0.3 is 0 Å². The summed E-state index contributed by atoms with van der Waals surface area (Å²) >= 11 is 0. The first-order chi connectivity index (χ1) is 5.29. The molecule has 0 saturated carbocycles. The maximum absolute atomic E-state index is 4.38. The van der Waals surface area contributed by atoms with E-state index in [1.54, 1.807) is 0 Å². The maximum atomic E-state index is 4.38. The minimum absolute atomic E-state index is 0.785. The quantitative estimate of drug-likeness (QED) is 0.513. The zero-order valence-electron chi connectivity index (χ0n) is 6.83. The van der Waals surface area contributed by atoms with E-state index in [4.69, 9.17) is 0 Å². The van der Waals surface area contributed by atoms with Gasteiger partial charge in [-0.05, 0) is 0 Å². The molecule has 0 aliphatic carbocycles. The van der Waals surface area contributed by atoms with E-state index in [-0.39, 0.29) is 0 Å². The van der Waals surface area contributed by atoms with Crippen molar-refractivity contribution in [3.63, 3.8) is 0 Å². The molecule has 60 valence electrons. The Morgan fingerprint density at radius 2 is 2.27 bits per heavy atom. The molecule has 1 N–H and O–H groups in total. The van der Waals surface area contributed by atoms with Crippen LogP contribution in [0.15, 0.2) is 16.9 Å². The molecule has 0 fully saturated rings. The highest BCUT2D eigenvalue weighted by atomic mass is 15.4. The van der Waals surface area contributed by atoms with Crippen LogP contribution in [0.1, 0.15) is 0 Å². The zero-order chi connectivity index (χ0) is 7.84. The number of fused-ring (bicyclic) bond motifs is 1. The molecule has 0 radical (unpaired) electrons. The highest BCUT2D eigenvalue weighted by molar-refractivity contribution is 5.99. The van der Waals surface area contributed by atoms with Crippen LogP contribution in [0.4, 0.5) is 0 Å². The average Bonchev–Trinajstić information content (AvgIpc) is 2.35. The first-order valence-electron chi connectivity index (χ1n) is 3.69. The predicted molar refractivity (Wildman–Crippen MR) is 43.9 cm³/mol. The number of nitrogens with one attached hydrogen (secondary N) is 1. The van der Waals surface area contributed by atoms with Crippen molar-refractivity contribution in [3.8, 4) is 0 Å². The van der Waals surface area contributed by atoms with Crippen molar-refractivity contribution < 1.29 is 0 Å². The summed E-state index contributed by atoms with van der Waals surface area (Å²) in [4.78, 5) is 8.61. The molecule has 0 aromatic heterocycles. The monoisotopic (exact) mass is 152 g/mol. The van der Waals surface area contributed by atoms with Gasteiger partial charge in [0.2, 0.25) is 0 Å². The minimum atomic E-state index is 0.785. The van der Waals surface area contributed by atoms with Gasteiger partial charge in [-0.3, -0.25) is 0 Å². The van der Waals surface area contributed by atoms with Gasteiger partial charge < -0.3 is 15.1 Å². The Balaban J connectivity index is 2.32. The number of hydrogen-bond acceptors (Lipinski definition) is 4. The molecule has 0 amide bonds. The highest BCUT2D eigenvalue weighted by Gasteiger charge is 2.23. The number of nitrogens with zero attached hydrogens (tertiary/aromatic N) is 3. The van der Waals surface area contributed by atoms with E-state index in [0.717, 1.165) is 19.2 Å². The third kappa shape index (κ3) is 0.859. The summed E-state index contributed by atoms with van der Waals surface area (Å²) in [7, 11) is 4.08. The van der Waals surface area contributed by atoms with Gasteiger partial charge in [-0.25, -0.2) is 4.99 Å². The van der Waals surface area contributed by atoms with E-state index < -0.39 is 0 Å². The summed E-state index contributed by atoms with van der Waals surface area (Å²) < 4.78 is 0. The summed E-state index contributed by atoms with van der Waals surface area (Å²) in [5.74, 6) is 1.10. The molecule has 0 aromatic rings. The second kappa shape index (κ2) is 2.15. The lowest BCUT2D eigenvalue weighted by molar-refractivity contribution is 0.433. The van der Waals surface area contributed by atoms with E-state index >= 15 is 0 Å². The lowest BCUT2D eigenvalue weighted by Gasteiger charge is -2.26. The van der Waals surface area contributed by atoms with Gasteiger partial charge in [0.1, 0.15) is 6.67 Å². The van der Waals surface area contributed by atoms with Crippen LogP contribution in [0.25, 0.3) is 0 Å². The molecule has 0 atom stereocenters. The Kier molecular flexibility index (Phi) is 1.27. The van der Waals surface area contributed by atoms with Crippen molar-refractivity contribution in [1.29, 1.82) is 0 Å². The van der Waals surface area contributed by atoms with E-state index in [2.05, 4.69) is 20.1 Å². The molecular formula is C7H12N4. The van der Waals surface area contributed by atoms with Gasteiger partial charge in [-0.2, -0.15) is 0 Å². The van der Waals surface area contributed by atoms with Gasteiger partial charge in [0.25, 0.3) is 0 Å². The normalized spacial score (nSPS) is 22.4. The molecule has 0 aromatic carbocycles. The van der Waals surface area contributed by atoms with Crippen LogP contribution < -0.4 is 5.32 Å². The number of likely N-dealkylation sites (N-methyl/N-ethyl adjacent to an activating group) is 2. The average molecular weight is 152 g/mol. The van der Waals surface area contributed by atoms with E-state index in [1.807, 2.05) is 20.3 Å². The molecule has 2 aliphatic rings. The second-order valence-electron chi connectivity index (χ2n) is 2.91. The fraction of sp³-hybridized carbons (Fsp3) is 0.571. The Morgan fingerprint density at radius 3 is 3.00 bits per heavy atom. The second-order valence-corrected chi connectivity index (χ2v) is 2.91. The number of amidine groups is 1. The number of aliphatic imine (C=N–C) groups is 1. The maximum Gasteiger partial charge on any atom is 0.152 e. The highest BCUT2D eigenvalue weighted by Crippen LogP contribution is 2.15. The summed E-state index contributed by atoms with van der Waals surface area (Å²) in [5.41, 5.74) is 1.19. The lowest BCUT2D eigenvalue weighted by Crippen LogP contribution is -2.40. The topological polar surface area (TPSA) is 30.9 Å². The molecule has 0 unspecified atom stereocenters. The van der Waals surface area contributed by atoms with Gasteiger partial charge in [0.15, 0.2) is 5.84 Å². The van der Waals surface area contributed by atoms with Gasteiger partial charge in [0, 0.05) is 20.3 Å². The Labute approximate surface area is 66.2 Å². The molecule has 2 heterocycles. The van der Waals surface area contributed by atoms with Crippen LogP contribution in [0.3, 0.4) is 0 Å². The SMILES string of the molecule is CN1CN=C2C1=CNCN2C. The Morgan fingerprint density at radius 1 is 1.45 bits per heavy atom. The van der Waals surface area contributed by atoms with E-state index in [1.165, 1.54) is 5.70 Å². The molecule has 4 heteroatoms. The largest absolute Gasteiger partial charge is 0.372 e. The Hall–Kier alpha value is -1.19. The van der Waals surface area contributed by atoms with Crippen LogP contribution >= 0.6 is 0 Å². The standard InChI is InChI=1S/C7H12N4/c1-10-5-9-7-6(10)3-8-4-11(7)2/h3,8H,4-5H2,1-2H3. The zero-order valence-corrected chi connectivity index (χ0v) is 6.83. The van der Waals surface area contributed by atoms with Crippen molar-refractivity contribution in [1.82, 2.24) is 15.1 Å². The Bertz CT molecular complexity index is 231. The fourth-order valence-corrected chi connectivity index (χ4v) is 1.35. The van der Waals surface area contributed by atoms with Gasteiger partial charge in [-0.1, -0.05) is 0 Å². The molecule has 4 nitrogen and oxygen atoms in total. The summed E-state index contributed by atoms with van der Waals surface area (Å²) in [6.45, 7) is 1.64. The van der Waals surface area contributed by atoms with Crippen molar-refractivity contribution in [2.45, 2.75) is 0 Å². The van der Waals surface area contributed by atoms with Crippen LogP contribution in [0.2, 0.25) is 0 Å². The van der Waals surface area contributed by atoms with Crippen LogP contribution in [-0.4, -0.2) is 43.1 Å². The number of rotatable bonds is 0. The van der Waals surface area contributed by atoms with Crippen LogP contribution in [0, 0.1) is 0 Å². The molecular weight excluding hydrogens is 140 g/mol. The predicted octanol–water partition coefficient (Wildman–Crippen LogP) is -0.378. The van der Waals surface area contributed by atoms with Crippen molar-refractivity contribution in [3.05, 3.63) is 11.9 Å². The third-order valence-electron chi connectivity index (χ3n) is 2.00. The molecule has 0 saturated heterocycles. The third-order valence-corrected chi connectivity index (χ3v) is 2.00. The fourth-order valence-electron chi connectivity index (χ4n) is 1.35. The first-order valence-corrected chi connectivity index (χ1v) is 3.69. The van der Waals surface area contributed by atoms with Gasteiger partial charge in [0.05, 0.1) is 12.4 Å². The molecule has 2 rings (SSSR count). The summed E-state index contributed by atoms with van der Waals surface area (Å²) in [5, 5.41) is 3.18. The van der Waals surface area contributed by atoms with Crippen molar-refractivity contribution in [2.75, 3.05) is 27.4 Å². The lowest BCUT2D eigenvalue weighted by atomic mass is 10.3. The number of hydrogen-bond donors (Lipinski definition) is 1. The molecule has 2 aliphatic heterocycles. The summed E-state index contributed by atoms with van der Waals surface area (Å²) in [6, 6.07) is 0. The van der Waals surface area contributed by atoms with E-state index in [0.29, 0.717) is 0 Å². The van der Waals surface area contributed by atoms with E-state index in [9.17, 15) is 0 Å². The minimum Gasteiger partial charge on any atom is -0.372 e.